The molecule has 0 aliphatic heterocycles. The van der Waals surface area contributed by atoms with Crippen molar-refractivity contribution in [2.45, 2.75) is 12.8 Å². The van der Waals surface area contributed by atoms with E-state index in [1.807, 2.05) is 0 Å². The van der Waals surface area contributed by atoms with Crippen LogP contribution in [0.2, 0.25) is 0 Å². The van der Waals surface area contributed by atoms with Crippen molar-refractivity contribution in [1.82, 2.24) is 0 Å². The van der Waals surface area contributed by atoms with Crippen LogP contribution in [0.15, 0.2) is 16.6 Å². The van der Waals surface area contributed by atoms with Gasteiger partial charge in [0.15, 0.2) is 0 Å². The average molecular weight is 277 g/mol. The number of aliphatic carboxylic acids is 1. The molecule has 3 nitrogen and oxygen atoms in total. The number of carboxylic acid groups (broad SMARTS) is 1. The van der Waals surface area contributed by atoms with Crippen molar-refractivity contribution in [1.29, 1.82) is 0 Å². The Morgan fingerprint density at radius 1 is 1.60 bits per heavy atom. The van der Waals surface area contributed by atoms with Gasteiger partial charge in [0, 0.05) is 5.56 Å². The summed E-state index contributed by atoms with van der Waals surface area (Å²) in [5.74, 6) is -1.97. The number of carboxylic acids is 1. The summed E-state index contributed by atoms with van der Waals surface area (Å²) in [6.45, 7) is 1.52. The summed E-state index contributed by atoms with van der Waals surface area (Å²) < 4.78 is 18.3. The number of rotatable bonds is 3. The summed E-state index contributed by atoms with van der Waals surface area (Å²) in [5.41, 5.74) is 0.443. The maximum Gasteiger partial charge on any atom is 0.310 e. The SMILES string of the molecule is COc1c(C(C)C(=O)O)ccc(F)c1Br. The van der Waals surface area contributed by atoms with E-state index in [9.17, 15) is 9.18 Å². The topological polar surface area (TPSA) is 46.5 Å². The molecule has 0 saturated carbocycles. The number of ether oxygens (including phenoxy) is 1. The Kier molecular flexibility index (Phi) is 3.68. The van der Waals surface area contributed by atoms with Crippen LogP contribution >= 0.6 is 15.9 Å². The highest BCUT2D eigenvalue weighted by Crippen LogP contribution is 2.35. The van der Waals surface area contributed by atoms with Crippen LogP contribution in [0.5, 0.6) is 5.75 Å². The molecule has 0 amide bonds. The van der Waals surface area contributed by atoms with Gasteiger partial charge in [-0.3, -0.25) is 4.79 Å². The monoisotopic (exact) mass is 276 g/mol. The molecule has 0 radical (unpaired) electrons. The second kappa shape index (κ2) is 4.61. The molecule has 1 unspecified atom stereocenters. The zero-order valence-corrected chi connectivity index (χ0v) is 9.84. The van der Waals surface area contributed by atoms with E-state index in [4.69, 9.17) is 9.84 Å². The summed E-state index contributed by atoms with van der Waals surface area (Å²) >= 11 is 3.02. The first-order chi connectivity index (χ1) is 6.99. The van der Waals surface area contributed by atoms with Crippen LogP contribution in [0.3, 0.4) is 0 Å². The lowest BCUT2D eigenvalue weighted by molar-refractivity contribution is -0.138. The predicted octanol–water partition coefficient (Wildman–Crippen LogP) is 2.78. The van der Waals surface area contributed by atoms with Crippen LogP contribution in [-0.4, -0.2) is 18.2 Å². The van der Waals surface area contributed by atoms with Gasteiger partial charge in [0.2, 0.25) is 0 Å². The maximum atomic E-state index is 13.1. The Morgan fingerprint density at radius 3 is 2.67 bits per heavy atom. The molecule has 0 aliphatic rings. The Bertz CT molecular complexity index is 392. The highest BCUT2D eigenvalue weighted by molar-refractivity contribution is 9.10. The maximum absolute atomic E-state index is 13.1. The van der Waals surface area contributed by atoms with Crippen LogP contribution in [0.25, 0.3) is 0 Å². The van der Waals surface area contributed by atoms with Crippen LogP contribution in [0, 0.1) is 5.82 Å². The molecule has 0 aromatic heterocycles. The highest BCUT2D eigenvalue weighted by atomic mass is 79.9. The van der Waals surface area contributed by atoms with Crippen LogP contribution in [0.1, 0.15) is 18.4 Å². The molecule has 1 N–H and O–H groups in total. The summed E-state index contributed by atoms with van der Waals surface area (Å²) in [6.07, 6.45) is 0. The van der Waals surface area contributed by atoms with Gasteiger partial charge in [-0.25, -0.2) is 4.39 Å². The molecule has 0 heterocycles. The molecule has 15 heavy (non-hydrogen) atoms. The van der Waals surface area contributed by atoms with Crippen molar-refractivity contribution in [2.24, 2.45) is 0 Å². The molecule has 0 spiro atoms. The van der Waals surface area contributed by atoms with Gasteiger partial charge < -0.3 is 9.84 Å². The van der Waals surface area contributed by atoms with E-state index in [1.54, 1.807) is 0 Å². The number of carbonyl (C=O) groups is 1. The second-order valence-electron chi connectivity index (χ2n) is 3.04. The Morgan fingerprint density at radius 2 is 2.20 bits per heavy atom. The minimum Gasteiger partial charge on any atom is -0.495 e. The van der Waals surface area contributed by atoms with E-state index in [1.165, 1.54) is 26.2 Å². The van der Waals surface area contributed by atoms with E-state index in [0.29, 0.717) is 5.56 Å². The fourth-order valence-corrected chi connectivity index (χ4v) is 1.75. The molecule has 1 atom stereocenters. The summed E-state index contributed by atoms with van der Waals surface area (Å²) in [4.78, 5) is 10.8. The number of methoxy groups -OCH3 is 1. The van der Waals surface area contributed by atoms with Crippen LogP contribution in [-0.2, 0) is 4.79 Å². The first-order valence-corrected chi connectivity index (χ1v) is 5.03. The molecule has 1 aromatic rings. The molecule has 1 rings (SSSR count). The molecule has 0 aliphatic carbocycles. The Balaban J connectivity index is 3.30. The molecule has 0 bridgehead atoms. The van der Waals surface area contributed by atoms with Gasteiger partial charge in [0.25, 0.3) is 0 Å². The minimum atomic E-state index is -0.980. The van der Waals surface area contributed by atoms with Crippen LogP contribution < -0.4 is 4.74 Å². The minimum absolute atomic E-state index is 0.149. The first kappa shape index (κ1) is 12.0. The van der Waals surface area contributed by atoms with E-state index in [-0.39, 0.29) is 10.2 Å². The fourth-order valence-electron chi connectivity index (χ4n) is 1.23. The number of halogens is 2. The second-order valence-corrected chi connectivity index (χ2v) is 3.84. The van der Waals surface area contributed by atoms with E-state index >= 15 is 0 Å². The average Bonchev–Trinajstić information content (AvgIpc) is 2.20. The zero-order valence-electron chi connectivity index (χ0n) is 8.25. The van der Waals surface area contributed by atoms with Crippen molar-refractivity contribution in [2.75, 3.05) is 7.11 Å². The largest absolute Gasteiger partial charge is 0.495 e. The van der Waals surface area contributed by atoms with Gasteiger partial charge >= 0.3 is 5.97 Å². The predicted molar refractivity (Wildman–Crippen MR) is 56.7 cm³/mol. The van der Waals surface area contributed by atoms with Crippen molar-refractivity contribution in [3.05, 3.63) is 28.0 Å². The smallest absolute Gasteiger partial charge is 0.310 e. The van der Waals surface area contributed by atoms with E-state index in [2.05, 4.69) is 15.9 Å². The van der Waals surface area contributed by atoms with E-state index in [0.717, 1.165) is 0 Å². The molecular formula is C10H10BrFO3. The third-order valence-electron chi connectivity index (χ3n) is 2.12. The van der Waals surface area contributed by atoms with Crippen molar-refractivity contribution in [3.63, 3.8) is 0 Å². The number of hydrogen-bond acceptors (Lipinski definition) is 2. The molecule has 5 heteroatoms. The van der Waals surface area contributed by atoms with Crippen molar-refractivity contribution in [3.8, 4) is 5.75 Å². The van der Waals surface area contributed by atoms with Gasteiger partial charge in [-0.05, 0) is 28.9 Å². The number of hydrogen-bond donors (Lipinski definition) is 1. The summed E-state index contributed by atoms with van der Waals surface area (Å²) in [7, 11) is 1.37. The third kappa shape index (κ3) is 2.28. The van der Waals surface area contributed by atoms with Gasteiger partial charge in [-0.1, -0.05) is 6.07 Å². The summed E-state index contributed by atoms with van der Waals surface area (Å²) in [5, 5.41) is 8.85. The van der Waals surface area contributed by atoms with Crippen molar-refractivity contribution >= 4 is 21.9 Å². The first-order valence-electron chi connectivity index (χ1n) is 4.23. The Hall–Kier alpha value is -1.10. The van der Waals surface area contributed by atoms with Gasteiger partial charge in [0.05, 0.1) is 17.5 Å². The molecule has 82 valence electrons. The van der Waals surface area contributed by atoms with Gasteiger partial charge in [-0.15, -0.1) is 0 Å². The lowest BCUT2D eigenvalue weighted by Gasteiger charge is -2.13. The molecule has 0 fully saturated rings. The van der Waals surface area contributed by atoms with Crippen LogP contribution in [0.4, 0.5) is 4.39 Å². The normalized spacial score (nSPS) is 12.3. The summed E-state index contributed by atoms with van der Waals surface area (Å²) in [6, 6.07) is 2.62. The third-order valence-corrected chi connectivity index (χ3v) is 2.86. The standard InChI is InChI=1S/C10H10BrFO3/c1-5(10(13)14)6-3-4-7(12)8(11)9(6)15-2/h3-5H,1-2H3,(H,13,14). The molecular weight excluding hydrogens is 267 g/mol. The fraction of sp³-hybridized carbons (Fsp3) is 0.300. The van der Waals surface area contributed by atoms with E-state index < -0.39 is 17.7 Å². The Labute approximate surface area is 95.0 Å². The molecule has 1 aromatic carbocycles. The molecule has 0 saturated heterocycles. The van der Waals surface area contributed by atoms with Gasteiger partial charge in [0.1, 0.15) is 11.6 Å². The highest BCUT2D eigenvalue weighted by Gasteiger charge is 2.21. The lowest BCUT2D eigenvalue weighted by atomic mass is 10.0. The van der Waals surface area contributed by atoms with Crippen molar-refractivity contribution < 1.29 is 19.0 Å². The lowest BCUT2D eigenvalue weighted by Crippen LogP contribution is -2.09. The zero-order chi connectivity index (χ0) is 11.6. The van der Waals surface area contributed by atoms with Gasteiger partial charge in [-0.2, -0.15) is 0 Å². The number of benzene rings is 1. The quantitative estimate of drug-likeness (QED) is 0.924.